The molecule has 2 aromatic carbocycles. The Labute approximate surface area is 174 Å². The number of thioether (sulfide) groups is 1. The molecule has 0 aliphatic carbocycles. The normalized spacial score (nSPS) is 16.8. The number of rotatable bonds is 4. The molecule has 1 saturated heterocycles. The summed E-state index contributed by atoms with van der Waals surface area (Å²) in [6.45, 7) is 4.13. The summed E-state index contributed by atoms with van der Waals surface area (Å²) in [6.07, 6.45) is 1.72. The van der Waals surface area contributed by atoms with Crippen molar-refractivity contribution >= 4 is 62.1 Å². The van der Waals surface area contributed by atoms with Gasteiger partial charge < -0.3 is 15.2 Å². The predicted octanol–water partition coefficient (Wildman–Crippen LogP) is 5.41. The highest BCUT2D eigenvalue weighted by atomic mass is 79.9. The first kappa shape index (κ1) is 19.8. The van der Waals surface area contributed by atoms with Gasteiger partial charge in [-0.3, -0.25) is 4.79 Å². The topological polar surface area (TPSA) is 70.9 Å². The number of hydrogen-bond acceptors (Lipinski definition) is 5. The van der Waals surface area contributed by atoms with Crippen molar-refractivity contribution in [3.8, 4) is 11.5 Å². The van der Waals surface area contributed by atoms with Crippen LogP contribution in [0.2, 0.25) is 5.02 Å². The molecule has 1 amide bonds. The Morgan fingerprint density at radius 3 is 2.93 bits per heavy atom. The molecule has 5 nitrogen and oxygen atoms in total. The van der Waals surface area contributed by atoms with E-state index in [-0.39, 0.29) is 11.7 Å². The highest BCUT2D eigenvalue weighted by Crippen LogP contribution is 2.37. The fraction of sp³-hybridized carbons (Fsp3) is 0.158. The maximum Gasteiger partial charge on any atom is 0.264 e. The van der Waals surface area contributed by atoms with E-state index >= 15 is 0 Å². The summed E-state index contributed by atoms with van der Waals surface area (Å²) in [5, 5.41) is 13.9. The first-order valence-corrected chi connectivity index (χ1v) is 10.1. The molecule has 8 heteroatoms. The molecule has 1 heterocycles. The first-order chi connectivity index (χ1) is 12.9. The van der Waals surface area contributed by atoms with Crippen LogP contribution in [0.25, 0.3) is 6.08 Å². The van der Waals surface area contributed by atoms with Crippen LogP contribution in [0.5, 0.6) is 11.5 Å². The maximum atomic E-state index is 12.3. The molecule has 0 unspecified atom stereocenters. The lowest BCUT2D eigenvalue weighted by Gasteiger charge is -2.08. The van der Waals surface area contributed by atoms with E-state index in [1.54, 1.807) is 24.3 Å². The van der Waals surface area contributed by atoms with Crippen LogP contribution >= 0.6 is 39.3 Å². The van der Waals surface area contributed by atoms with Gasteiger partial charge in [-0.1, -0.05) is 17.7 Å². The summed E-state index contributed by atoms with van der Waals surface area (Å²) >= 11 is 10.7. The molecule has 27 heavy (non-hydrogen) atoms. The van der Waals surface area contributed by atoms with Gasteiger partial charge in [-0.25, -0.2) is 4.99 Å². The average Bonchev–Trinajstić information content (AvgIpc) is 2.96. The van der Waals surface area contributed by atoms with Crippen LogP contribution in [0.3, 0.4) is 0 Å². The van der Waals surface area contributed by atoms with E-state index in [1.165, 1.54) is 11.8 Å². The van der Waals surface area contributed by atoms with Crippen LogP contribution in [-0.4, -0.2) is 22.8 Å². The number of aliphatic imine (C=N–C) groups is 1. The molecule has 1 aliphatic heterocycles. The standard InChI is InChI=1S/C19H16BrClN2O3S/c1-3-26-15-8-11(7-12(20)17(15)24)9-16-18(25)23-19(27-16)22-14-6-4-5-13(21)10(14)2/h4-9,24H,3H2,1-2H3,(H,22,23,25)/b16-9+. The third kappa shape index (κ3) is 4.48. The number of aromatic hydroxyl groups is 1. The van der Waals surface area contributed by atoms with Crippen molar-refractivity contribution in [3.63, 3.8) is 0 Å². The zero-order valence-electron chi connectivity index (χ0n) is 14.5. The van der Waals surface area contributed by atoms with E-state index in [9.17, 15) is 9.90 Å². The zero-order valence-corrected chi connectivity index (χ0v) is 17.7. The zero-order chi connectivity index (χ0) is 19.6. The molecular weight excluding hydrogens is 452 g/mol. The number of hydrogen-bond donors (Lipinski definition) is 2. The molecule has 0 bridgehead atoms. The summed E-state index contributed by atoms with van der Waals surface area (Å²) in [4.78, 5) is 17.3. The fourth-order valence-electron chi connectivity index (χ4n) is 2.40. The minimum Gasteiger partial charge on any atom is -0.503 e. The summed E-state index contributed by atoms with van der Waals surface area (Å²) in [7, 11) is 0. The Balaban J connectivity index is 1.90. The molecular formula is C19H16BrClN2O3S. The number of nitrogens with one attached hydrogen (secondary N) is 1. The van der Waals surface area contributed by atoms with Crippen molar-refractivity contribution in [3.05, 3.63) is 55.9 Å². The van der Waals surface area contributed by atoms with Crippen LogP contribution in [0.15, 0.2) is 44.7 Å². The Bertz CT molecular complexity index is 976. The molecule has 140 valence electrons. The lowest BCUT2D eigenvalue weighted by atomic mass is 10.2. The van der Waals surface area contributed by atoms with Gasteiger partial charge in [0.15, 0.2) is 16.7 Å². The summed E-state index contributed by atoms with van der Waals surface area (Å²) in [5.74, 6) is 0.146. The Morgan fingerprint density at radius 2 is 2.19 bits per heavy atom. The second-order valence-electron chi connectivity index (χ2n) is 5.65. The van der Waals surface area contributed by atoms with Gasteiger partial charge in [0.2, 0.25) is 0 Å². The molecule has 0 radical (unpaired) electrons. The Morgan fingerprint density at radius 1 is 1.41 bits per heavy atom. The first-order valence-electron chi connectivity index (χ1n) is 8.09. The van der Waals surface area contributed by atoms with Gasteiger partial charge >= 0.3 is 0 Å². The van der Waals surface area contributed by atoms with E-state index in [4.69, 9.17) is 16.3 Å². The number of phenols is 1. The van der Waals surface area contributed by atoms with Gasteiger partial charge in [0, 0.05) is 5.02 Å². The number of halogens is 2. The van der Waals surface area contributed by atoms with Gasteiger partial charge in [0.05, 0.1) is 21.7 Å². The van der Waals surface area contributed by atoms with Gasteiger partial charge in [0.25, 0.3) is 5.91 Å². The number of nitrogens with zero attached hydrogens (tertiary/aromatic N) is 1. The second kappa shape index (κ2) is 8.37. The molecule has 3 rings (SSSR count). The van der Waals surface area contributed by atoms with E-state index in [0.717, 1.165) is 11.1 Å². The van der Waals surface area contributed by atoms with Gasteiger partial charge in [-0.2, -0.15) is 0 Å². The highest BCUT2D eigenvalue weighted by molar-refractivity contribution is 9.10. The van der Waals surface area contributed by atoms with Crippen molar-refractivity contribution in [2.45, 2.75) is 13.8 Å². The van der Waals surface area contributed by atoms with Crippen molar-refractivity contribution in [1.82, 2.24) is 5.32 Å². The van der Waals surface area contributed by atoms with E-state index in [0.29, 0.717) is 37.6 Å². The molecule has 2 N–H and O–H groups in total. The molecule has 0 saturated carbocycles. The van der Waals surface area contributed by atoms with Crippen molar-refractivity contribution in [2.75, 3.05) is 6.61 Å². The predicted molar refractivity (Wildman–Crippen MR) is 114 cm³/mol. The fourth-order valence-corrected chi connectivity index (χ4v) is 3.87. The monoisotopic (exact) mass is 466 g/mol. The smallest absolute Gasteiger partial charge is 0.264 e. The average molecular weight is 468 g/mol. The lowest BCUT2D eigenvalue weighted by molar-refractivity contribution is -0.115. The van der Waals surface area contributed by atoms with Crippen molar-refractivity contribution in [2.24, 2.45) is 4.99 Å². The van der Waals surface area contributed by atoms with E-state index in [2.05, 4.69) is 26.2 Å². The summed E-state index contributed by atoms with van der Waals surface area (Å²) in [5.41, 5.74) is 2.28. The van der Waals surface area contributed by atoms with E-state index < -0.39 is 0 Å². The molecule has 0 atom stereocenters. The van der Waals surface area contributed by atoms with Crippen LogP contribution < -0.4 is 10.1 Å². The number of carbonyl (C=O) groups excluding carboxylic acids is 1. The van der Waals surface area contributed by atoms with Crippen LogP contribution in [-0.2, 0) is 4.79 Å². The third-order valence-corrected chi connectivity index (χ3v) is 5.68. The quantitative estimate of drug-likeness (QED) is 0.590. The Hall–Kier alpha value is -1.96. The van der Waals surface area contributed by atoms with Gasteiger partial charge in [-0.15, -0.1) is 0 Å². The molecule has 0 aromatic heterocycles. The second-order valence-corrected chi connectivity index (χ2v) is 7.94. The van der Waals surface area contributed by atoms with Gasteiger partial charge in [-0.05, 0) is 83.0 Å². The van der Waals surface area contributed by atoms with Crippen LogP contribution in [0.1, 0.15) is 18.1 Å². The summed E-state index contributed by atoms with van der Waals surface area (Å²) < 4.78 is 5.91. The largest absolute Gasteiger partial charge is 0.503 e. The van der Waals surface area contributed by atoms with Crippen molar-refractivity contribution in [1.29, 1.82) is 0 Å². The highest BCUT2D eigenvalue weighted by Gasteiger charge is 2.24. The number of ether oxygens (including phenoxy) is 1. The number of amidine groups is 1. The van der Waals surface area contributed by atoms with Crippen LogP contribution in [0.4, 0.5) is 5.69 Å². The Kier molecular flexibility index (Phi) is 6.14. The maximum absolute atomic E-state index is 12.3. The third-order valence-electron chi connectivity index (χ3n) is 3.76. The number of benzene rings is 2. The van der Waals surface area contributed by atoms with Gasteiger partial charge in [0.1, 0.15) is 0 Å². The van der Waals surface area contributed by atoms with Crippen molar-refractivity contribution < 1.29 is 14.6 Å². The number of amides is 1. The summed E-state index contributed by atoms with van der Waals surface area (Å²) in [6, 6.07) is 8.85. The molecule has 0 spiro atoms. The number of phenolic OH excluding ortho intramolecular Hbond substituents is 1. The molecule has 1 fully saturated rings. The number of carbonyl (C=O) groups is 1. The minimum absolute atomic E-state index is 0.0289. The van der Waals surface area contributed by atoms with E-state index in [1.807, 2.05) is 26.0 Å². The van der Waals surface area contributed by atoms with Crippen LogP contribution in [0, 0.1) is 6.92 Å². The minimum atomic E-state index is -0.236. The molecule has 1 aliphatic rings. The SMILES string of the molecule is CCOc1cc(/C=C2/SC(=Nc3cccc(Cl)c3C)NC2=O)cc(Br)c1O. The molecule has 2 aromatic rings. The lowest BCUT2D eigenvalue weighted by Crippen LogP contribution is -2.19.